The molecule has 3 aliphatic rings. The van der Waals surface area contributed by atoms with Crippen LogP contribution in [0.15, 0.2) is 5.38 Å². The molecule has 1 aromatic rings. The van der Waals surface area contributed by atoms with Crippen LogP contribution < -0.4 is 5.32 Å². The van der Waals surface area contributed by atoms with Gasteiger partial charge in [0.25, 0.3) is 0 Å². The molecule has 2 N–H and O–H groups in total. The third-order valence-corrected chi connectivity index (χ3v) is 5.52. The highest BCUT2D eigenvalue weighted by Crippen LogP contribution is 2.66. The van der Waals surface area contributed by atoms with E-state index in [1.165, 1.54) is 30.6 Å². The summed E-state index contributed by atoms with van der Waals surface area (Å²) in [4.78, 5) is 14.8. The molecule has 0 amide bonds. The summed E-state index contributed by atoms with van der Waals surface area (Å²) in [5.74, 6) is 2.63. The number of anilines is 1. The van der Waals surface area contributed by atoms with E-state index in [1.807, 2.05) is 0 Å². The van der Waals surface area contributed by atoms with Crippen molar-refractivity contribution >= 4 is 22.4 Å². The van der Waals surface area contributed by atoms with Crippen LogP contribution in [0.1, 0.15) is 29.8 Å². The molecule has 3 saturated carbocycles. The van der Waals surface area contributed by atoms with Crippen molar-refractivity contribution in [2.45, 2.75) is 25.3 Å². The van der Waals surface area contributed by atoms with Gasteiger partial charge in [0.15, 0.2) is 10.8 Å². The molecule has 0 spiro atoms. The van der Waals surface area contributed by atoms with E-state index in [9.17, 15) is 4.79 Å². The van der Waals surface area contributed by atoms with Gasteiger partial charge in [-0.25, -0.2) is 9.78 Å². The Hall–Kier alpha value is -1.10. The highest BCUT2D eigenvalue weighted by molar-refractivity contribution is 7.13. The molecule has 5 heteroatoms. The molecule has 0 aromatic carbocycles. The summed E-state index contributed by atoms with van der Waals surface area (Å²) in [6, 6.07) is 0.578. The molecule has 4 rings (SSSR count). The normalized spacial score (nSPS) is 41.3. The van der Waals surface area contributed by atoms with Gasteiger partial charge in [0, 0.05) is 11.4 Å². The SMILES string of the molecule is O=C(O)c1csc(NC2C3C4CCC(C4)C23)n1. The Morgan fingerprint density at radius 3 is 2.71 bits per heavy atom. The number of hydrogen-bond donors (Lipinski definition) is 2. The molecule has 1 aromatic heterocycles. The number of nitrogens with zero attached hydrogens (tertiary/aromatic N) is 1. The maximum absolute atomic E-state index is 10.7. The average molecular weight is 250 g/mol. The maximum atomic E-state index is 10.7. The number of hydrogen-bond acceptors (Lipinski definition) is 4. The molecule has 4 atom stereocenters. The quantitative estimate of drug-likeness (QED) is 0.864. The number of carboxylic acids is 1. The predicted octanol–water partition coefficient (Wildman–Crippen LogP) is 2.30. The summed E-state index contributed by atoms with van der Waals surface area (Å²) in [5, 5.41) is 14.6. The van der Waals surface area contributed by atoms with E-state index in [2.05, 4.69) is 10.3 Å². The van der Waals surface area contributed by atoms with Crippen molar-refractivity contribution in [2.75, 3.05) is 5.32 Å². The Morgan fingerprint density at radius 2 is 2.12 bits per heavy atom. The smallest absolute Gasteiger partial charge is 0.355 e. The van der Waals surface area contributed by atoms with Crippen molar-refractivity contribution < 1.29 is 9.90 Å². The van der Waals surface area contributed by atoms with Crippen molar-refractivity contribution in [2.24, 2.45) is 23.7 Å². The Kier molecular flexibility index (Phi) is 1.87. The fourth-order valence-electron chi connectivity index (χ4n) is 4.10. The second-order valence-corrected chi connectivity index (χ2v) is 6.36. The number of aromatic carboxylic acids is 1. The Bertz CT molecular complexity index is 471. The fourth-order valence-corrected chi connectivity index (χ4v) is 4.83. The lowest BCUT2D eigenvalue weighted by atomic mass is 10.0. The summed E-state index contributed by atoms with van der Waals surface area (Å²) in [6.45, 7) is 0. The molecule has 90 valence electrons. The summed E-state index contributed by atoms with van der Waals surface area (Å²) >= 11 is 1.40. The second kappa shape index (κ2) is 3.22. The van der Waals surface area contributed by atoms with Crippen molar-refractivity contribution in [1.82, 2.24) is 4.98 Å². The van der Waals surface area contributed by atoms with E-state index in [-0.39, 0.29) is 5.69 Å². The summed E-state index contributed by atoms with van der Waals surface area (Å²) in [7, 11) is 0. The van der Waals surface area contributed by atoms with Gasteiger partial charge >= 0.3 is 5.97 Å². The van der Waals surface area contributed by atoms with E-state index in [1.54, 1.807) is 5.38 Å². The zero-order valence-corrected chi connectivity index (χ0v) is 10.1. The minimum atomic E-state index is -0.939. The maximum Gasteiger partial charge on any atom is 0.355 e. The summed E-state index contributed by atoms with van der Waals surface area (Å²) in [5.41, 5.74) is 0.159. The van der Waals surface area contributed by atoms with Gasteiger partial charge in [-0.05, 0) is 42.9 Å². The van der Waals surface area contributed by atoms with Crippen LogP contribution in [-0.4, -0.2) is 22.1 Å². The number of carbonyl (C=O) groups is 1. The van der Waals surface area contributed by atoms with Crippen LogP contribution in [0, 0.1) is 23.7 Å². The van der Waals surface area contributed by atoms with Crippen LogP contribution in [0.4, 0.5) is 5.13 Å². The number of thiazole rings is 1. The predicted molar refractivity (Wildman–Crippen MR) is 64.3 cm³/mol. The molecule has 4 unspecified atom stereocenters. The zero-order valence-electron chi connectivity index (χ0n) is 9.30. The first-order valence-corrected chi connectivity index (χ1v) is 7.07. The summed E-state index contributed by atoms with van der Waals surface area (Å²) < 4.78 is 0. The zero-order chi connectivity index (χ0) is 11.6. The number of rotatable bonds is 3. The van der Waals surface area contributed by atoms with E-state index in [4.69, 9.17) is 5.11 Å². The number of fused-ring (bicyclic) bond motifs is 5. The van der Waals surface area contributed by atoms with Gasteiger partial charge in [0.1, 0.15) is 0 Å². The summed E-state index contributed by atoms with van der Waals surface area (Å²) in [6.07, 6.45) is 4.25. The van der Waals surface area contributed by atoms with Gasteiger partial charge in [-0.1, -0.05) is 0 Å². The minimum Gasteiger partial charge on any atom is -0.476 e. The van der Waals surface area contributed by atoms with Crippen molar-refractivity contribution in [3.05, 3.63) is 11.1 Å². The van der Waals surface area contributed by atoms with Crippen LogP contribution in [0.3, 0.4) is 0 Å². The topological polar surface area (TPSA) is 62.2 Å². The van der Waals surface area contributed by atoms with Crippen LogP contribution >= 0.6 is 11.3 Å². The third-order valence-electron chi connectivity index (χ3n) is 4.75. The van der Waals surface area contributed by atoms with E-state index in [0.29, 0.717) is 6.04 Å². The number of carboxylic acid groups (broad SMARTS) is 1. The molecular formula is C12H14N2O2S. The Balaban J connectivity index is 1.47. The molecule has 0 aliphatic heterocycles. The first-order chi connectivity index (χ1) is 8.24. The van der Waals surface area contributed by atoms with Gasteiger partial charge in [0.05, 0.1) is 0 Å². The number of nitrogens with one attached hydrogen (secondary N) is 1. The monoisotopic (exact) mass is 250 g/mol. The van der Waals surface area contributed by atoms with Crippen LogP contribution in [0.25, 0.3) is 0 Å². The van der Waals surface area contributed by atoms with Gasteiger partial charge in [0.2, 0.25) is 0 Å². The van der Waals surface area contributed by atoms with Crippen molar-refractivity contribution in [3.63, 3.8) is 0 Å². The van der Waals surface area contributed by atoms with Crippen LogP contribution in [0.2, 0.25) is 0 Å². The lowest BCUT2D eigenvalue weighted by Gasteiger charge is -2.08. The van der Waals surface area contributed by atoms with E-state index >= 15 is 0 Å². The second-order valence-electron chi connectivity index (χ2n) is 5.50. The average Bonchev–Trinajstić information content (AvgIpc) is 2.76. The highest BCUT2D eigenvalue weighted by Gasteiger charge is 2.65. The van der Waals surface area contributed by atoms with Crippen molar-refractivity contribution in [1.29, 1.82) is 0 Å². The fraction of sp³-hybridized carbons (Fsp3) is 0.667. The van der Waals surface area contributed by atoms with Crippen LogP contribution in [-0.2, 0) is 0 Å². The molecule has 3 aliphatic carbocycles. The molecule has 17 heavy (non-hydrogen) atoms. The lowest BCUT2D eigenvalue weighted by molar-refractivity contribution is 0.0691. The Labute approximate surface area is 103 Å². The minimum absolute atomic E-state index is 0.159. The third kappa shape index (κ3) is 1.35. The molecule has 4 nitrogen and oxygen atoms in total. The largest absolute Gasteiger partial charge is 0.476 e. The lowest BCUT2D eigenvalue weighted by Crippen LogP contribution is -2.12. The molecular weight excluding hydrogens is 236 g/mol. The van der Waals surface area contributed by atoms with E-state index < -0.39 is 5.97 Å². The van der Waals surface area contributed by atoms with Crippen molar-refractivity contribution in [3.8, 4) is 0 Å². The molecule has 2 bridgehead atoms. The highest BCUT2D eigenvalue weighted by atomic mass is 32.1. The molecule has 1 heterocycles. The van der Waals surface area contributed by atoms with Gasteiger partial charge in [-0.3, -0.25) is 0 Å². The molecule has 0 saturated heterocycles. The Morgan fingerprint density at radius 1 is 1.41 bits per heavy atom. The van der Waals surface area contributed by atoms with Gasteiger partial charge < -0.3 is 10.4 Å². The first kappa shape index (κ1) is 9.88. The first-order valence-electron chi connectivity index (χ1n) is 6.19. The van der Waals surface area contributed by atoms with Crippen LogP contribution in [0.5, 0.6) is 0 Å². The molecule has 3 fully saturated rings. The van der Waals surface area contributed by atoms with Gasteiger partial charge in [-0.15, -0.1) is 11.3 Å². The van der Waals surface area contributed by atoms with E-state index in [0.717, 1.165) is 28.8 Å². The molecule has 0 radical (unpaired) electrons. The number of aromatic nitrogens is 1. The van der Waals surface area contributed by atoms with Gasteiger partial charge in [-0.2, -0.15) is 0 Å². The standard InChI is InChI=1S/C12H14N2O2S/c15-11(16)7-4-17-12(13-7)14-10-8-5-1-2-6(3-5)9(8)10/h4-6,8-10H,1-3H2,(H,13,14)(H,15,16).